The van der Waals surface area contributed by atoms with Gasteiger partial charge in [-0.15, -0.1) is 17.5 Å². The fourth-order valence-corrected chi connectivity index (χ4v) is 3.46. The van der Waals surface area contributed by atoms with E-state index in [0.717, 1.165) is 36.8 Å². The van der Waals surface area contributed by atoms with Gasteiger partial charge in [-0.1, -0.05) is 11.3 Å². The van der Waals surface area contributed by atoms with Crippen molar-refractivity contribution in [1.82, 2.24) is 30.2 Å². The number of anilines is 1. The van der Waals surface area contributed by atoms with Gasteiger partial charge in [0, 0.05) is 18.9 Å². The quantitative estimate of drug-likeness (QED) is 0.584. The van der Waals surface area contributed by atoms with Crippen molar-refractivity contribution in [2.45, 2.75) is 25.4 Å². The summed E-state index contributed by atoms with van der Waals surface area (Å²) in [7, 11) is 1.61. The first-order chi connectivity index (χ1) is 13.6. The van der Waals surface area contributed by atoms with Crippen molar-refractivity contribution in [2.24, 2.45) is 0 Å². The topological polar surface area (TPSA) is 106 Å². The molecule has 3 aromatic rings. The van der Waals surface area contributed by atoms with Crippen molar-refractivity contribution in [2.75, 3.05) is 25.5 Å². The number of nitrogens with one attached hydrogen (secondary N) is 3. The predicted octanol–water partition coefficient (Wildman–Crippen LogP) is 1.58. The molecule has 29 heavy (non-hydrogen) atoms. The highest BCUT2D eigenvalue weighted by Gasteiger charge is 2.19. The Hall–Kier alpha value is -2.91. The average Bonchev–Trinajstić information content (AvgIpc) is 3.36. The first-order valence-corrected chi connectivity index (χ1v) is 9.37. The molecule has 1 saturated heterocycles. The zero-order chi connectivity index (χ0) is 19.5. The molecule has 2 amide bonds. The number of nitrogens with zero attached hydrogens (tertiary/aromatic N) is 4. The number of piperidine rings is 1. The van der Waals surface area contributed by atoms with E-state index in [4.69, 9.17) is 0 Å². The highest BCUT2D eigenvalue weighted by Crippen LogP contribution is 2.21. The molecule has 1 aliphatic rings. The van der Waals surface area contributed by atoms with Gasteiger partial charge in [-0.25, -0.2) is 4.68 Å². The molecular formula is C19H24ClN7O2. The van der Waals surface area contributed by atoms with Crippen LogP contribution in [0.4, 0.5) is 5.69 Å². The summed E-state index contributed by atoms with van der Waals surface area (Å²) in [6, 6.07) is 7.82. The number of aromatic nitrogens is 4. The van der Waals surface area contributed by atoms with Crippen LogP contribution in [-0.4, -0.2) is 51.5 Å². The highest BCUT2D eigenvalue weighted by atomic mass is 35.5. The van der Waals surface area contributed by atoms with Crippen molar-refractivity contribution in [1.29, 1.82) is 0 Å². The third-order valence-electron chi connectivity index (χ3n) is 5.05. The zero-order valence-electron chi connectivity index (χ0n) is 16.1. The van der Waals surface area contributed by atoms with Crippen LogP contribution in [0.25, 0.3) is 10.9 Å². The number of carbonyl (C=O) groups excluding carboxylic acids is 2. The Labute approximate surface area is 174 Å². The number of amides is 2. The Balaban J connectivity index is 0.00000240. The summed E-state index contributed by atoms with van der Waals surface area (Å²) in [5.41, 5.74) is 1.81. The Morgan fingerprint density at radius 2 is 2.03 bits per heavy atom. The van der Waals surface area contributed by atoms with Gasteiger partial charge in [0.2, 0.25) is 5.91 Å². The number of fused-ring (bicyclic) bond motifs is 1. The average molecular weight is 418 g/mol. The molecule has 0 unspecified atom stereocenters. The molecule has 0 bridgehead atoms. The first-order valence-electron chi connectivity index (χ1n) is 9.37. The summed E-state index contributed by atoms with van der Waals surface area (Å²) >= 11 is 0. The fourth-order valence-electron chi connectivity index (χ4n) is 3.46. The zero-order valence-corrected chi connectivity index (χ0v) is 16.9. The van der Waals surface area contributed by atoms with Crippen molar-refractivity contribution in [3.63, 3.8) is 0 Å². The molecule has 3 N–H and O–H groups in total. The maximum atomic E-state index is 12.6. The summed E-state index contributed by atoms with van der Waals surface area (Å²) in [6.45, 7) is 2.12. The van der Waals surface area contributed by atoms with Crippen molar-refractivity contribution in [3.05, 3.63) is 42.4 Å². The van der Waals surface area contributed by atoms with E-state index in [1.54, 1.807) is 17.9 Å². The minimum absolute atomic E-state index is 0. The van der Waals surface area contributed by atoms with Crippen LogP contribution in [0.1, 0.15) is 29.4 Å². The van der Waals surface area contributed by atoms with Gasteiger partial charge < -0.3 is 20.5 Å². The van der Waals surface area contributed by atoms with Gasteiger partial charge in [-0.3, -0.25) is 9.59 Å². The number of hydrogen-bond donors (Lipinski definition) is 3. The second kappa shape index (κ2) is 9.06. The summed E-state index contributed by atoms with van der Waals surface area (Å²) < 4.78 is 3.63. The number of hydrogen-bond acceptors (Lipinski definition) is 5. The number of carbonyl (C=O) groups is 2. The Kier molecular flexibility index (Phi) is 6.50. The molecule has 154 valence electrons. The molecular weight excluding hydrogens is 394 g/mol. The van der Waals surface area contributed by atoms with Gasteiger partial charge in [0.05, 0.1) is 17.8 Å². The van der Waals surface area contributed by atoms with Gasteiger partial charge in [0.25, 0.3) is 5.91 Å². The fraction of sp³-hybridized carbons (Fsp3) is 0.368. The highest BCUT2D eigenvalue weighted by molar-refractivity contribution is 6.03. The van der Waals surface area contributed by atoms with E-state index in [9.17, 15) is 9.59 Å². The van der Waals surface area contributed by atoms with Gasteiger partial charge in [0.15, 0.2) is 5.69 Å². The van der Waals surface area contributed by atoms with Crippen LogP contribution in [0.5, 0.6) is 0 Å². The van der Waals surface area contributed by atoms with E-state index in [1.807, 2.05) is 35.0 Å². The molecule has 10 heteroatoms. The second-order valence-electron chi connectivity index (χ2n) is 6.91. The lowest BCUT2D eigenvalue weighted by atomic mass is 10.1. The van der Waals surface area contributed by atoms with E-state index in [1.165, 1.54) is 0 Å². The summed E-state index contributed by atoms with van der Waals surface area (Å²) in [4.78, 5) is 24.3. The van der Waals surface area contributed by atoms with E-state index >= 15 is 0 Å². The van der Waals surface area contributed by atoms with Crippen molar-refractivity contribution < 1.29 is 9.59 Å². The lowest BCUT2D eigenvalue weighted by molar-refractivity contribution is -0.121. The molecule has 0 radical (unpaired) electrons. The lowest BCUT2D eigenvalue weighted by Crippen LogP contribution is -2.29. The molecule has 0 aliphatic carbocycles. The van der Waals surface area contributed by atoms with Crippen molar-refractivity contribution >= 4 is 40.8 Å². The van der Waals surface area contributed by atoms with Crippen LogP contribution < -0.4 is 16.0 Å². The molecule has 1 fully saturated rings. The smallest absolute Gasteiger partial charge is 0.277 e. The first kappa shape index (κ1) is 20.8. The van der Waals surface area contributed by atoms with E-state index < -0.39 is 0 Å². The van der Waals surface area contributed by atoms with Gasteiger partial charge >= 0.3 is 0 Å². The minimum atomic E-state index is -0.302. The standard InChI is InChI=1S/C19H23N7O2.ClH/c1-20-18(27)12-25-9-6-13-2-3-14(10-17(13)25)22-19(28)16-11-26(24-23-16)15-4-7-21-8-5-15;/h2-3,6,9-11,15,21H,4-5,7-8,12H2,1H3,(H,20,27)(H,22,28);1H. The molecule has 9 nitrogen and oxygen atoms in total. The van der Waals surface area contributed by atoms with Crippen LogP contribution >= 0.6 is 12.4 Å². The number of likely N-dealkylation sites (N-methyl/N-ethyl adjacent to an activating group) is 1. The number of rotatable bonds is 5. The van der Waals surface area contributed by atoms with E-state index in [0.29, 0.717) is 11.4 Å². The minimum Gasteiger partial charge on any atom is -0.358 e. The van der Waals surface area contributed by atoms with Gasteiger partial charge in [-0.2, -0.15) is 0 Å². The molecule has 1 aliphatic heterocycles. The second-order valence-corrected chi connectivity index (χ2v) is 6.91. The molecule has 1 aromatic carbocycles. The van der Waals surface area contributed by atoms with Crippen molar-refractivity contribution in [3.8, 4) is 0 Å². The van der Waals surface area contributed by atoms with Gasteiger partial charge in [0.1, 0.15) is 6.54 Å². The van der Waals surface area contributed by atoms with Crippen LogP contribution in [0.2, 0.25) is 0 Å². The third-order valence-corrected chi connectivity index (χ3v) is 5.05. The SMILES string of the molecule is CNC(=O)Cn1ccc2ccc(NC(=O)c3cn(C4CCNCC4)nn3)cc21.Cl. The van der Waals surface area contributed by atoms with Gasteiger partial charge in [-0.05, 0) is 49.5 Å². The Morgan fingerprint density at radius 1 is 1.24 bits per heavy atom. The lowest BCUT2D eigenvalue weighted by Gasteiger charge is -2.22. The van der Waals surface area contributed by atoms with Crippen LogP contribution in [0, 0.1) is 0 Å². The largest absolute Gasteiger partial charge is 0.358 e. The van der Waals surface area contributed by atoms with Crippen LogP contribution in [0.3, 0.4) is 0 Å². The molecule has 3 heterocycles. The molecule has 0 atom stereocenters. The van der Waals surface area contributed by atoms with E-state index in [2.05, 4.69) is 26.3 Å². The normalized spacial score (nSPS) is 14.4. The summed E-state index contributed by atoms with van der Waals surface area (Å²) in [5, 5.41) is 18.0. The van der Waals surface area contributed by atoms with Crippen LogP contribution in [0.15, 0.2) is 36.7 Å². The maximum absolute atomic E-state index is 12.6. The Bertz CT molecular complexity index is 1010. The third kappa shape index (κ3) is 4.57. The monoisotopic (exact) mass is 417 g/mol. The molecule has 0 saturated carbocycles. The maximum Gasteiger partial charge on any atom is 0.277 e. The molecule has 4 rings (SSSR count). The Morgan fingerprint density at radius 3 is 2.79 bits per heavy atom. The molecule has 2 aromatic heterocycles. The van der Waals surface area contributed by atoms with Crippen LogP contribution in [-0.2, 0) is 11.3 Å². The van der Waals surface area contributed by atoms with E-state index in [-0.39, 0.29) is 36.8 Å². The summed E-state index contributed by atoms with van der Waals surface area (Å²) in [5.74, 6) is -0.384. The number of benzene rings is 1. The molecule has 0 spiro atoms. The summed E-state index contributed by atoms with van der Waals surface area (Å²) in [6.07, 6.45) is 5.51. The number of halogens is 1. The predicted molar refractivity (Wildman–Crippen MR) is 112 cm³/mol.